The van der Waals surface area contributed by atoms with Crippen molar-refractivity contribution in [1.29, 1.82) is 0 Å². The molecule has 0 aliphatic heterocycles. The molecule has 0 unspecified atom stereocenters. The maximum absolute atomic E-state index is 9.53. The molecule has 0 aliphatic carbocycles. The van der Waals surface area contributed by atoms with Crippen LogP contribution in [0.15, 0.2) is 12.1 Å². The molecule has 1 aromatic carbocycles. The third-order valence-corrected chi connectivity index (χ3v) is 1.99. The van der Waals surface area contributed by atoms with Gasteiger partial charge in [0, 0.05) is 12.1 Å². The second kappa shape index (κ2) is 4.14. The van der Waals surface area contributed by atoms with E-state index in [9.17, 15) is 5.11 Å². The predicted molar refractivity (Wildman–Crippen MR) is 52.2 cm³/mol. The van der Waals surface area contributed by atoms with Gasteiger partial charge in [-0.05, 0) is 31.7 Å². The first-order valence-corrected chi connectivity index (χ1v) is 4.20. The van der Waals surface area contributed by atoms with Gasteiger partial charge in [-0.25, -0.2) is 0 Å². The SMILES string of the molecule is CNCc1cc(O)c(C)c(OC)c1. The molecule has 0 saturated carbocycles. The topological polar surface area (TPSA) is 41.5 Å². The normalized spacial score (nSPS) is 10.1. The Balaban J connectivity index is 3.06. The number of aromatic hydroxyl groups is 1. The highest BCUT2D eigenvalue weighted by atomic mass is 16.5. The van der Waals surface area contributed by atoms with Gasteiger partial charge in [0.05, 0.1) is 7.11 Å². The summed E-state index contributed by atoms with van der Waals surface area (Å²) in [5.41, 5.74) is 1.80. The Kier molecular flexibility index (Phi) is 3.14. The molecule has 0 aromatic heterocycles. The van der Waals surface area contributed by atoms with E-state index in [1.807, 2.05) is 20.0 Å². The van der Waals surface area contributed by atoms with E-state index < -0.39 is 0 Å². The lowest BCUT2D eigenvalue weighted by Crippen LogP contribution is -2.05. The molecule has 0 heterocycles. The Labute approximate surface area is 78.3 Å². The minimum Gasteiger partial charge on any atom is -0.508 e. The van der Waals surface area contributed by atoms with Crippen LogP contribution in [0.5, 0.6) is 11.5 Å². The zero-order chi connectivity index (χ0) is 9.84. The fraction of sp³-hybridized carbons (Fsp3) is 0.400. The highest BCUT2D eigenvalue weighted by Crippen LogP contribution is 2.28. The molecule has 0 amide bonds. The van der Waals surface area contributed by atoms with Gasteiger partial charge in [0.2, 0.25) is 0 Å². The minimum atomic E-state index is 0.282. The summed E-state index contributed by atoms with van der Waals surface area (Å²) in [6.45, 7) is 2.56. The zero-order valence-electron chi connectivity index (χ0n) is 8.22. The summed E-state index contributed by atoms with van der Waals surface area (Å²) >= 11 is 0. The number of phenolic OH excluding ortho intramolecular Hbond substituents is 1. The summed E-state index contributed by atoms with van der Waals surface area (Å²) in [5.74, 6) is 1.01. The third-order valence-electron chi connectivity index (χ3n) is 1.99. The van der Waals surface area contributed by atoms with E-state index in [-0.39, 0.29) is 5.75 Å². The Morgan fingerprint density at radius 1 is 1.46 bits per heavy atom. The van der Waals surface area contributed by atoms with Crippen molar-refractivity contribution in [3.63, 3.8) is 0 Å². The highest BCUT2D eigenvalue weighted by Gasteiger charge is 2.05. The summed E-state index contributed by atoms with van der Waals surface area (Å²) in [5, 5.41) is 12.5. The van der Waals surface area contributed by atoms with Gasteiger partial charge >= 0.3 is 0 Å². The smallest absolute Gasteiger partial charge is 0.125 e. The van der Waals surface area contributed by atoms with Gasteiger partial charge in [0.1, 0.15) is 11.5 Å². The number of phenols is 1. The van der Waals surface area contributed by atoms with Gasteiger partial charge in [-0.3, -0.25) is 0 Å². The fourth-order valence-electron chi connectivity index (χ4n) is 1.25. The Bertz CT molecular complexity index is 297. The number of ether oxygens (including phenoxy) is 1. The van der Waals surface area contributed by atoms with Crippen molar-refractivity contribution < 1.29 is 9.84 Å². The molecule has 3 heteroatoms. The lowest BCUT2D eigenvalue weighted by Gasteiger charge is -2.09. The minimum absolute atomic E-state index is 0.282. The first-order chi connectivity index (χ1) is 6.19. The molecule has 0 fully saturated rings. The van der Waals surface area contributed by atoms with Crippen molar-refractivity contribution in [3.8, 4) is 11.5 Å². The number of methoxy groups -OCH3 is 1. The second-order valence-electron chi connectivity index (χ2n) is 2.97. The van der Waals surface area contributed by atoms with Crippen molar-refractivity contribution >= 4 is 0 Å². The van der Waals surface area contributed by atoms with Crippen LogP contribution in [-0.2, 0) is 6.54 Å². The first kappa shape index (κ1) is 9.86. The molecule has 2 N–H and O–H groups in total. The van der Waals surface area contributed by atoms with E-state index in [0.29, 0.717) is 0 Å². The third kappa shape index (κ3) is 2.12. The van der Waals surface area contributed by atoms with Crippen LogP contribution in [0.3, 0.4) is 0 Å². The molecule has 0 atom stereocenters. The molecule has 1 rings (SSSR count). The first-order valence-electron chi connectivity index (χ1n) is 4.20. The molecular weight excluding hydrogens is 166 g/mol. The maximum Gasteiger partial charge on any atom is 0.125 e. The number of hydrogen-bond donors (Lipinski definition) is 2. The van der Waals surface area contributed by atoms with Gasteiger partial charge < -0.3 is 15.2 Å². The molecule has 1 aromatic rings. The monoisotopic (exact) mass is 181 g/mol. The number of nitrogens with one attached hydrogen (secondary N) is 1. The average molecular weight is 181 g/mol. The molecule has 0 spiro atoms. The van der Waals surface area contributed by atoms with Crippen LogP contribution in [0.25, 0.3) is 0 Å². The molecule has 0 aliphatic rings. The predicted octanol–water partition coefficient (Wildman–Crippen LogP) is 1.43. The Morgan fingerprint density at radius 2 is 2.15 bits per heavy atom. The number of benzene rings is 1. The van der Waals surface area contributed by atoms with Crippen molar-refractivity contribution in [2.45, 2.75) is 13.5 Å². The van der Waals surface area contributed by atoms with Crippen LogP contribution in [0, 0.1) is 6.92 Å². The molecule has 13 heavy (non-hydrogen) atoms. The summed E-state index contributed by atoms with van der Waals surface area (Å²) < 4.78 is 5.13. The largest absolute Gasteiger partial charge is 0.508 e. The van der Waals surface area contributed by atoms with Crippen LogP contribution < -0.4 is 10.1 Å². The van der Waals surface area contributed by atoms with E-state index >= 15 is 0 Å². The quantitative estimate of drug-likeness (QED) is 0.741. The maximum atomic E-state index is 9.53. The van der Waals surface area contributed by atoms with Gasteiger partial charge in [-0.2, -0.15) is 0 Å². The fourth-order valence-corrected chi connectivity index (χ4v) is 1.25. The average Bonchev–Trinajstić information content (AvgIpc) is 2.11. The zero-order valence-corrected chi connectivity index (χ0v) is 8.22. The Hall–Kier alpha value is -1.22. The van der Waals surface area contributed by atoms with E-state index in [4.69, 9.17) is 4.74 Å². The van der Waals surface area contributed by atoms with Crippen molar-refractivity contribution in [2.75, 3.05) is 14.2 Å². The lowest BCUT2D eigenvalue weighted by molar-refractivity contribution is 0.401. The summed E-state index contributed by atoms with van der Waals surface area (Å²) in [6.07, 6.45) is 0. The van der Waals surface area contributed by atoms with Crippen molar-refractivity contribution in [2.24, 2.45) is 0 Å². The van der Waals surface area contributed by atoms with E-state index in [2.05, 4.69) is 5.32 Å². The number of rotatable bonds is 3. The van der Waals surface area contributed by atoms with E-state index in [0.717, 1.165) is 23.4 Å². The van der Waals surface area contributed by atoms with E-state index in [1.54, 1.807) is 13.2 Å². The lowest BCUT2D eigenvalue weighted by atomic mass is 10.1. The molecule has 0 saturated heterocycles. The standard InChI is InChI=1S/C10H15NO2/c1-7-9(12)4-8(6-11-2)5-10(7)13-3/h4-5,11-12H,6H2,1-3H3. The van der Waals surface area contributed by atoms with Crippen LogP contribution >= 0.6 is 0 Å². The summed E-state index contributed by atoms with van der Waals surface area (Å²) in [7, 11) is 3.47. The van der Waals surface area contributed by atoms with Gasteiger partial charge in [-0.1, -0.05) is 0 Å². The van der Waals surface area contributed by atoms with Gasteiger partial charge in [-0.15, -0.1) is 0 Å². The van der Waals surface area contributed by atoms with E-state index in [1.165, 1.54) is 0 Å². The van der Waals surface area contributed by atoms with Crippen LogP contribution in [0.2, 0.25) is 0 Å². The van der Waals surface area contributed by atoms with Gasteiger partial charge in [0.25, 0.3) is 0 Å². The second-order valence-corrected chi connectivity index (χ2v) is 2.97. The van der Waals surface area contributed by atoms with Gasteiger partial charge in [0.15, 0.2) is 0 Å². The summed E-state index contributed by atoms with van der Waals surface area (Å²) in [4.78, 5) is 0. The highest BCUT2D eigenvalue weighted by molar-refractivity contribution is 5.46. The van der Waals surface area contributed by atoms with Crippen molar-refractivity contribution in [3.05, 3.63) is 23.3 Å². The van der Waals surface area contributed by atoms with Crippen molar-refractivity contribution in [1.82, 2.24) is 5.32 Å². The van der Waals surface area contributed by atoms with Crippen LogP contribution in [-0.4, -0.2) is 19.3 Å². The number of hydrogen-bond acceptors (Lipinski definition) is 3. The molecule has 72 valence electrons. The molecular formula is C10H15NO2. The molecule has 0 bridgehead atoms. The van der Waals surface area contributed by atoms with Crippen LogP contribution in [0.4, 0.5) is 0 Å². The van der Waals surface area contributed by atoms with Crippen LogP contribution in [0.1, 0.15) is 11.1 Å². The summed E-state index contributed by atoms with van der Waals surface area (Å²) in [6, 6.07) is 3.67. The molecule has 0 radical (unpaired) electrons. The Morgan fingerprint density at radius 3 is 2.69 bits per heavy atom. The molecule has 3 nitrogen and oxygen atoms in total.